The molecule has 0 radical (unpaired) electrons. The van der Waals surface area contributed by atoms with Crippen molar-refractivity contribution in [3.05, 3.63) is 16.6 Å². The molecule has 0 fully saturated rings. The molecule has 0 aromatic heterocycles. The lowest BCUT2D eigenvalue weighted by Crippen LogP contribution is -2.44. The van der Waals surface area contributed by atoms with Gasteiger partial charge in [-0.05, 0) is 48.3 Å². The van der Waals surface area contributed by atoms with Gasteiger partial charge in [0, 0.05) is 22.3 Å². The van der Waals surface area contributed by atoms with Crippen LogP contribution in [0.3, 0.4) is 0 Å². The fourth-order valence-electron chi connectivity index (χ4n) is 1.67. The Hall–Kier alpha value is -0.830. The van der Waals surface area contributed by atoms with Crippen molar-refractivity contribution < 1.29 is 18.3 Å². The highest BCUT2D eigenvalue weighted by atomic mass is 79.9. The van der Waals surface area contributed by atoms with Crippen LogP contribution in [0.5, 0.6) is 5.75 Å². The van der Waals surface area contributed by atoms with Crippen LogP contribution >= 0.6 is 15.9 Å². The minimum Gasteiger partial charge on any atom is -0.495 e. The summed E-state index contributed by atoms with van der Waals surface area (Å²) in [5.41, 5.74) is 5.25. The fourth-order valence-corrected chi connectivity index (χ4v) is 3.62. The summed E-state index contributed by atoms with van der Waals surface area (Å²) in [6.07, 6.45) is 0.292. The highest BCUT2D eigenvalue weighted by Gasteiger charge is 2.28. The molecule has 0 unspecified atom stereocenters. The summed E-state index contributed by atoms with van der Waals surface area (Å²) in [6.45, 7) is 3.26. The first-order chi connectivity index (χ1) is 9.13. The first-order valence-corrected chi connectivity index (χ1v) is 8.18. The number of sulfonamides is 1. The quantitative estimate of drug-likeness (QED) is 0.661. The van der Waals surface area contributed by atoms with Gasteiger partial charge in [-0.25, -0.2) is 13.1 Å². The van der Waals surface area contributed by atoms with Gasteiger partial charge in [-0.3, -0.25) is 0 Å². The number of aliphatic hydroxyl groups is 1. The Labute approximate surface area is 127 Å². The molecule has 6 nitrogen and oxygen atoms in total. The van der Waals surface area contributed by atoms with Gasteiger partial charge < -0.3 is 15.6 Å². The summed E-state index contributed by atoms with van der Waals surface area (Å²) in [4.78, 5) is -0.0354. The molecule has 0 aliphatic rings. The number of rotatable bonds is 6. The third kappa shape index (κ3) is 4.08. The van der Waals surface area contributed by atoms with Crippen molar-refractivity contribution in [3.8, 4) is 5.75 Å². The Morgan fingerprint density at radius 2 is 2.05 bits per heavy atom. The van der Waals surface area contributed by atoms with Gasteiger partial charge in [0.2, 0.25) is 10.0 Å². The lowest BCUT2D eigenvalue weighted by Gasteiger charge is -2.25. The van der Waals surface area contributed by atoms with Gasteiger partial charge >= 0.3 is 0 Å². The Morgan fingerprint density at radius 1 is 1.45 bits per heavy atom. The van der Waals surface area contributed by atoms with Crippen LogP contribution in [-0.4, -0.2) is 32.8 Å². The summed E-state index contributed by atoms with van der Waals surface area (Å²) < 4.78 is 33.0. The van der Waals surface area contributed by atoms with Crippen LogP contribution < -0.4 is 15.2 Å². The summed E-state index contributed by atoms with van der Waals surface area (Å²) >= 11 is 3.22. The van der Waals surface area contributed by atoms with Crippen molar-refractivity contribution in [1.29, 1.82) is 0 Å². The number of benzene rings is 1. The van der Waals surface area contributed by atoms with Crippen LogP contribution in [0.2, 0.25) is 0 Å². The van der Waals surface area contributed by atoms with E-state index in [2.05, 4.69) is 20.7 Å². The fraction of sp³-hybridized carbons (Fsp3) is 0.500. The molecule has 1 aromatic carbocycles. The Kier molecular flexibility index (Phi) is 5.42. The van der Waals surface area contributed by atoms with E-state index in [9.17, 15) is 8.42 Å². The van der Waals surface area contributed by atoms with E-state index in [1.54, 1.807) is 13.8 Å². The molecule has 114 valence electrons. The number of halogens is 1. The number of nitrogens with one attached hydrogen (secondary N) is 1. The van der Waals surface area contributed by atoms with E-state index in [1.165, 1.54) is 19.2 Å². The minimum absolute atomic E-state index is 0.0354. The average molecular weight is 367 g/mol. The van der Waals surface area contributed by atoms with Gasteiger partial charge in [-0.15, -0.1) is 0 Å². The van der Waals surface area contributed by atoms with Gasteiger partial charge in [-0.2, -0.15) is 0 Å². The van der Waals surface area contributed by atoms with Crippen LogP contribution in [0.4, 0.5) is 5.69 Å². The van der Waals surface area contributed by atoms with E-state index < -0.39 is 15.6 Å². The maximum Gasteiger partial charge on any atom is 0.244 e. The Balaban J connectivity index is 3.25. The van der Waals surface area contributed by atoms with Crippen LogP contribution in [0.1, 0.15) is 20.3 Å². The average Bonchev–Trinajstić information content (AvgIpc) is 2.30. The van der Waals surface area contributed by atoms with Crippen molar-refractivity contribution in [1.82, 2.24) is 4.72 Å². The largest absolute Gasteiger partial charge is 0.495 e. The Morgan fingerprint density at radius 3 is 2.55 bits per heavy atom. The van der Waals surface area contributed by atoms with Gasteiger partial charge in [-0.1, -0.05) is 0 Å². The number of nitrogens with two attached hydrogens (primary N) is 1. The second-order valence-corrected chi connectivity index (χ2v) is 7.49. The normalized spacial score (nSPS) is 12.4. The minimum atomic E-state index is -3.81. The topological polar surface area (TPSA) is 102 Å². The van der Waals surface area contributed by atoms with E-state index in [0.29, 0.717) is 16.6 Å². The third-order valence-corrected chi connectivity index (χ3v) is 5.13. The molecule has 8 heteroatoms. The van der Waals surface area contributed by atoms with E-state index in [-0.39, 0.29) is 17.3 Å². The Bertz CT molecular complexity index is 587. The summed E-state index contributed by atoms with van der Waals surface area (Å²) in [7, 11) is -2.42. The number of anilines is 1. The zero-order chi connectivity index (χ0) is 15.6. The number of nitrogen functional groups attached to an aromatic ring is 1. The molecule has 0 heterocycles. The molecule has 0 spiro atoms. The number of hydrogen-bond donors (Lipinski definition) is 3. The first-order valence-electron chi connectivity index (χ1n) is 5.91. The summed E-state index contributed by atoms with van der Waals surface area (Å²) in [6, 6.07) is 2.84. The third-order valence-electron chi connectivity index (χ3n) is 2.72. The van der Waals surface area contributed by atoms with E-state index >= 15 is 0 Å². The van der Waals surface area contributed by atoms with Crippen molar-refractivity contribution in [2.45, 2.75) is 30.7 Å². The van der Waals surface area contributed by atoms with Gasteiger partial charge in [0.25, 0.3) is 0 Å². The molecular weight excluding hydrogens is 348 g/mol. The molecule has 0 aliphatic heterocycles. The first kappa shape index (κ1) is 17.2. The van der Waals surface area contributed by atoms with Crippen molar-refractivity contribution in [2.24, 2.45) is 0 Å². The second kappa shape index (κ2) is 6.30. The maximum absolute atomic E-state index is 12.4. The highest BCUT2D eigenvalue weighted by Crippen LogP contribution is 2.32. The van der Waals surface area contributed by atoms with E-state index in [1.807, 2.05) is 0 Å². The molecular formula is C12H19BrN2O4S. The highest BCUT2D eigenvalue weighted by molar-refractivity contribution is 9.10. The summed E-state index contributed by atoms with van der Waals surface area (Å²) in [5.74, 6) is 0.193. The molecule has 0 saturated heterocycles. The molecule has 1 rings (SSSR count). The van der Waals surface area contributed by atoms with Crippen LogP contribution in [0.15, 0.2) is 21.5 Å². The van der Waals surface area contributed by atoms with Crippen LogP contribution in [0.25, 0.3) is 0 Å². The zero-order valence-corrected chi connectivity index (χ0v) is 14.0. The number of methoxy groups -OCH3 is 1. The predicted molar refractivity (Wildman–Crippen MR) is 81.2 cm³/mol. The number of hydrogen-bond acceptors (Lipinski definition) is 5. The molecule has 0 aliphatic carbocycles. The van der Waals surface area contributed by atoms with Gasteiger partial charge in [0.05, 0.1) is 7.11 Å². The van der Waals surface area contributed by atoms with E-state index in [4.69, 9.17) is 15.6 Å². The maximum atomic E-state index is 12.4. The SMILES string of the molecule is COc1cc(Br)c(N)cc1S(=O)(=O)NC(C)(C)CCO. The summed E-state index contributed by atoms with van der Waals surface area (Å²) in [5, 5.41) is 8.96. The van der Waals surface area contributed by atoms with E-state index in [0.717, 1.165) is 0 Å². The standard InChI is InChI=1S/C12H19BrN2O4S/c1-12(2,4-5-16)15-20(17,18)11-7-9(14)8(13)6-10(11)19-3/h6-7,15-16H,4-5,14H2,1-3H3. The molecule has 0 atom stereocenters. The zero-order valence-electron chi connectivity index (χ0n) is 11.6. The monoisotopic (exact) mass is 366 g/mol. The smallest absolute Gasteiger partial charge is 0.244 e. The molecule has 4 N–H and O–H groups in total. The molecule has 0 bridgehead atoms. The molecule has 1 aromatic rings. The number of ether oxygens (including phenoxy) is 1. The van der Waals surface area contributed by atoms with Crippen molar-refractivity contribution in [2.75, 3.05) is 19.5 Å². The number of aliphatic hydroxyl groups excluding tert-OH is 1. The second-order valence-electron chi connectivity index (χ2n) is 4.99. The van der Waals surface area contributed by atoms with Crippen molar-refractivity contribution in [3.63, 3.8) is 0 Å². The molecule has 0 saturated carbocycles. The van der Waals surface area contributed by atoms with Crippen LogP contribution in [0, 0.1) is 0 Å². The van der Waals surface area contributed by atoms with Crippen LogP contribution in [-0.2, 0) is 10.0 Å². The molecule has 0 amide bonds. The van der Waals surface area contributed by atoms with Crippen molar-refractivity contribution >= 4 is 31.6 Å². The van der Waals surface area contributed by atoms with Gasteiger partial charge in [0.1, 0.15) is 10.6 Å². The predicted octanol–water partition coefficient (Wildman–Crippen LogP) is 1.48. The lowest BCUT2D eigenvalue weighted by molar-refractivity contribution is 0.245. The lowest BCUT2D eigenvalue weighted by atomic mass is 10.0. The van der Waals surface area contributed by atoms with Gasteiger partial charge in [0.15, 0.2) is 0 Å². The molecule has 20 heavy (non-hydrogen) atoms.